The van der Waals surface area contributed by atoms with Crippen LogP contribution in [0.2, 0.25) is 0 Å². The van der Waals surface area contributed by atoms with Crippen LogP contribution in [0.5, 0.6) is 11.5 Å². The first kappa shape index (κ1) is 47.9. The summed E-state index contributed by atoms with van der Waals surface area (Å²) in [5.74, 6) is -0.678. The van der Waals surface area contributed by atoms with Crippen molar-refractivity contribution in [1.82, 2.24) is 0 Å². The van der Waals surface area contributed by atoms with Gasteiger partial charge in [-0.15, -0.1) is 11.5 Å². The Morgan fingerprint density at radius 1 is 0.604 bits per heavy atom. The van der Waals surface area contributed by atoms with Crippen LogP contribution in [0.15, 0.2) is 76.7 Å². The summed E-state index contributed by atoms with van der Waals surface area (Å²) < 4.78 is 0. The molecule has 0 aliphatic carbocycles. The third-order valence-corrected chi connectivity index (χ3v) is 9.68. The zero-order valence-electron chi connectivity index (χ0n) is 34.3. The minimum absolute atomic E-state index is 0. The predicted molar refractivity (Wildman–Crippen MR) is 224 cm³/mol. The molecule has 0 amide bonds. The number of rotatable bonds is 23. The maximum Gasteiger partial charge on any atom is 2.00 e. The molecule has 0 aromatic heterocycles. The number of benzene rings is 3. The molecule has 3 rings (SSSR count). The van der Waals surface area contributed by atoms with Crippen LogP contribution < -0.4 is 10.2 Å². The SMILES string of the molecule is CCCCCCCCCC=CC(=Nc1ccccc1)C(CCCC)=Nc1ccc(CCC)c(CCC)c1.CCCCc1c(CC)cc([O-])c([O-])c1C.[Ni+2]. The topological polar surface area (TPSA) is 70.8 Å². The van der Waals surface area contributed by atoms with Crippen molar-refractivity contribution < 1.29 is 26.7 Å². The number of para-hydroxylation sites is 1. The Kier molecular flexibility index (Phi) is 26.4. The predicted octanol–water partition coefficient (Wildman–Crippen LogP) is 13.4. The van der Waals surface area contributed by atoms with Gasteiger partial charge in [-0.25, -0.2) is 4.99 Å². The van der Waals surface area contributed by atoms with Crippen molar-refractivity contribution in [2.45, 2.75) is 170 Å². The summed E-state index contributed by atoms with van der Waals surface area (Å²) in [5, 5.41) is 22.8. The average Bonchev–Trinajstić information content (AvgIpc) is 3.15. The van der Waals surface area contributed by atoms with Gasteiger partial charge in [-0.2, -0.15) is 0 Å². The van der Waals surface area contributed by atoms with E-state index in [-0.39, 0.29) is 28.0 Å². The Balaban J connectivity index is 0.000000734. The number of aryl methyl sites for hydroxylation is 3. The van der Waals surface area contributed by atoms with Crippen LogP contribution in [0.1, 0.15) is 166 Å². The van der Waals surface area contributed by atoms with Crippen LogP contribution in [0.25, 0.3) is 0 Å². The summed E-state index contributed by atoms with van der Waals surface area (Å²) >= 11 is 0. The number of aliphatic imine (C=N–C) groups is 2. The molecule has 0 saturated heterocycles. The van der Waals surface area contributed by atoms with E-state index in [0.717, 1.165) is 105 Å². The fourth-order valence-electron chi connectivity index (χ4n) is 6.58. The van der Waals surface area contributed by atoms with Crippen molar-refractivity contribution in [3.63, 3.8) is 0 Å². The van der Waals surface area contributed by atoms with Crippen molar-refractivity contribution >= 4 is 22.8 Å². The molecular formula is C48H70N2NiO2. The van der Waals surface area contributed by atoms with Gasteiger partial charge in [0.05, 0.1) is 22.8 Å². The van der Waals surface area contributed by atoms with Gasteiger partial charge in [0.15, 0.2) is 0 Å². The van der Waals surface area contributed by atoms with E-state index < -0.39 is 0 Å². The number of hydrogen-bond acceptors (Lipinski definition) is 4. The van der Waals surface area contributed by atoms with E-state index in [1.54, 1.807) is 6.92 Å². The molecule has 0 heterocycles. The van der Waals surface area contributed by atoms with E-state index in [4.69, 9.17) is 9.98 Å². The minimum atomic E-state index is -0.357. The van der Waals surface area contributed by atoms with Crippen molar-refractivity contribution in [3.05, 3.63) is 94.6 Å². The molecule has 0 fully saturated rings. The second-order valence-electron chi connectivity index (χ2n) is 14.2. The molecule has 0 aliphatic heterocycles. The molecule has 0 unspecified atom stereocenters. The fourth-order valence-corrected chi connectivity index (χ4v) is 6.58. The zero-order chi connectivity index (χ0) is 38.0. The summed E-state index contributed by atoms with van der Waals surface area (Å²) in [6.07, 6.45) is 26.8. The van der Waals surface area contributed by atoms with Gasteiger partial charge in [-0.3, -0.25) is 4.99 Å². The van der Waals surface area contributed by atoms with Gasteiger partial charge in [0.25, 0.3) is 0 Å². The molecule has 3 aromatic carbocycles. The minimum Gasteiger partial charge on any atom is -0.873 e. The molecule has 0 atom stereocenters. The number of allylic oxidation sites excluding steroid dienone is 2. The van der Waals surface area contributed by atoms with Gasteiger partial charge in [0.2, 0.25) is 0 Å². The van der Waals surface area contributed by atoms with Gasteiger partial charge in [-0.1, -0.05) is 148 Å². The molecule has 4 nitrogen and oxygen atoms in total. The largest absolute Gasteiger partial charge is 2.00 e. The van der Waals surface area contributed by atoms with Crippen molar-refractivity contribution in [3.8, 4) is 11.5 Å². The Morgan fingerprint density at radius 2 is 1.25 bits per heavy atom. The molecular weight excluding hydrogens is 695 g/mol. The van der Waals surface area contributed by atoms with Gasteiger partial charge in [-0.05, 0) is 117 Å². The first-order chi connectivity index (χ1) is 25.3. The van der Waals surface area contributed by atoms with E-state index in [9.17, 15) is 10.2 Å². The zero-order valence-corrected chi connectivity index (χ0v) is 35.3. The number of hydrogen-bond donors (Lipinski definition) is 0. The monoisotopic (exact) mass is 764 g/mol. The molecule has 53 heavy (non-hydrogen) atoms. The van der Waals surface area contributed by atoms with E-state index >= 15 is 0 Å². The molecule has 5 heteroatoms. The van der Waals surface area contributed by atoms with Crippen LogP contribution in [0.4, 0.5) is 11.4 Å². The van der Waals surface area contributed by atoms with Crippen LogP contribution in [-0.4, -0.2) is 11.4 Å². The van der Waals surface area contributed by atoms with E-state index in [2.05, 4.69) is 89.2 Å². The molecule has 3 aromatic rings. The second kappa shape index (κ2) is 29.2. The summed E-state index contributed by atoms with van der Waals surface area (Å²) in [5.41, 5.74) is 9.91. The quantitative estimate of drug-likeness (QED) is 0.0548. The third kappa shape index (κ3) is 18.1. The maximum atomic E-state index is 11.5. The van der Waals surface area contributed by atoms with E-state index in [0.29, 0.717) is 5.56 Å². The fraction of sp³-hybridized carbons (Fsp3) is 0.542. The number of unbranched alkanes of at least 4 members (excludes halogenated alkanes) is 9. The van der Waals surface area contributed by atoms with Crippen LogP contribution in [-0.2, 0) is 42.2 Å². The summed E-state index contributed by atoms with van der Waals surface area (Å²) in [7, 11) is 0. The molecule has 0 radical (unpaired) electrons. The van der Waals surface area contributed by atoms with Crippen molar-refractivity contribution in [2.24, 2.45) is 9.98 Å². The third-order valence-electron chi connectivity index (χ3n) is 9.68. The molecule has 294 valence electrons. The Morgan fingerprint density at radius 3 is 1.89 bits per heavy atom. The second-order valence-corrected chi connectivity index (χ2v) is 14.2. The molecule has 0 aliphatic rings. The van der Waals surface area contributed by atoms with Crippen LogP contribution in [0, 0.1) is 6.92 Å². The van der Waals surface area contributed by atoms with Gasteiger partial charge < -0.3 is 10.2 Å². The van der Waals surface area contributed by atoms with Gasteiger partial charge in [0, 0.05) is 0 Å². The Hall–Kier alpha value is -3.17. The first-order valence-electron chi connectivity index (χ1n) is 20.8. The summed E-state index contributed by atoms with van der Waals surface area (Å²) in [4.78, 5) is 10.3. The molecule has 0 spiro atoms. The van der Waals surface area contributed by atoms with Crippen molar-refractivity contribution in [1.29, 1.82) is 0 Å². The van der Waals surface area contributed by atoms with Gasteiger partial charge in [0.1, 0.15) is 0 Å². The molecule has 0 bridgehead atoms. The van der Waals surface area contributed by atoms with Crippen molar-refractivity contribution in [2.75, 3.05) is 0 Å². The smallest absolute Gasteiger partial charge is 0.873 e. The van der Waals surface area contributed by atoms with E-state index in [1.165, 1.54) is 68.6 Å². The van der Waals surface area contributed by atoms with Crippen LogP contribution in [0.3, 0.4) is 0 Å². The standard InChI is InChI=1S/C35H52N2.C13H20O2.Ni/c1-5-9-11-12-13-14-15-16-20-26-35(36-32-23-18-17-19-24-32)34(25-10-6-2)37-33-28-27-30(21-7-3)31(29-33)22-8-4;1-4-6-7-11-9(3)13(15)12(14)8-10(11)5-2;/h17-20,23-24,26-29H,5-16,21-22,25H2,1-4H3;8,14-15H,4-7H2,1-3H3;/q;;+2/p-2. The Bertz CT molecular complexity index is 1510. The first-order valence-corrected chi connectivity index (χ1v) is 20.8. The summed E-state index contributed by atoms with van der Waals surface area (Å²) in [6, 6.07) is 18.7. The molecule has 0 N–H and O–H groups in total. The Labute approximate surface area is 334 Å². The van der Waals surface area contributed by atoms with E-state index in [1.807, 2.05) is 13.0 Å². The normalized spacial score (nSPS) is 11.8. The summed E-state index contributed by atoms with van der Waals surface area (Å²) in [6.45, 7) is 15.0. The maximum absolute atomic E-state index is 11.5. The van der Waals surface area contributed by atoms with Crippen LogP contribution >= 0.6 is 0 Å². The average molecular weight is 766 g/mol. The number of nitrogens with zero attached hydrogens (tertiary/aromatic N) is 2. The molecule has 0 saturated carbocycles. The van der Waals surface area contributed by atoms with Gasteiger partial charge >= 0.3 is 16.5 Å².